The molecule has 0 unspecified atom stereocenters. The molecule has 0 bridgehead atoms. The number of hydrogen-bond donors (Lipinski definition) is 2. The van der Waals surface area contributed by atoms with E-state index in [2.05, 4.69) is 26.3 Å². The standard InChI is InChI=1S/C18H20N4O/c1-14-7-9-15(10-8-14)21-18(23)19-11-4-12-22-13-20-16-5-2-3-6-17(16)22/h2-3,5-10,13H,4,11-12H2,1H3,(H2,19,21,23). The number of benzene rings is 2. The molecule has 0 fully saturated rings. The van der Waals surface area contributed by atoms with Gasteiger partial charge in [-0.2, -0.15) is 0 Å². The number of nitrogens with zero attached hydrogens (tertiary/aromatic N) is 2. The maximum Gasteiger partial charge on any atom is 0.319 e. The molecule has 3 aromatic rings. The topological polar surface area (TPSA) is 59.0 Å². The number of aromatic nitrogens is 2. The number of nitrogens with one attached hydrogen (secondary N) is 2. The van der Waals surface area contributed by atoms with Crippen molar-refractivity contribution in [3.63, 3.8) is 0 Å². The molecule has 5 nitrogen and oxygen atoms in total. The van der Waals surface area contributed by atoms with E-state index >= 15 is 0 Å². The number of amides is 2. The van der Waals surface area contributed by atoms with Crippen LogP contribution in [0.3, 0.4) is 0 Å². The molecule has 0 aliphatic heterocycles. The van der Waals surface area contributed by atoms with E-state index in [1.54, 1.807) is 0 Å². The van der Waals surface area contributed by atoms with Crippen LogP contribution < -0.4 is 10.6 Å². The van der Waals surface area contributed by atoms with Crippen LogP contribution in [-0.4, -0.2) is 22.1 Å². The summed E-state index contributed by atoms with van der Waals surface area (Å²) in [6, 6.07) is 15.6. The zero-order valence-corrected chi connectivity index (χ0v) is 13.1. The van der Waals surface area contributed by atoms with E-state index in [0.29, 0.717) is 6.54 Å². The van der Waals surface area contributed by atoms with E-state index in [-0.39, 0.29) is 6.03 Å². The molecule has 0 atom stereocenters. The number of hydrogen-bond acceptors (Lipinski definition) is 2. The Morgan fingerprint density at radius 2 is 1.91 bits per heavy atom. The van der Waals surface area contributed by atoms with E-state index < -0.39 is 0 Å². The molecule has 5 heteroatoms. The number of imidazole rings is 1. The van der Waals surface area contributed by atoms with Crippen LogP contribution in [0.5, 0.6) is 0 Å². The molecule has 0 aliphatic rings. The van der Waals surface area contributed by atoms with Crippen LogP contribution in [0.2, 0.25) is 0 Å². The van der Waals surface area contributed by atoms with E-state index in [4.69, 9.17) is 0 Å². The van der Waals surface area contributed by atoms with Crippen LogP contribution in [0.25, 0.3) is 11.0 Å². The number of anilines is 1. The first-order chi connectivity index (χ1) is 11.2. The Morgan fingerprint density at radius 3 is 2.74 bits per heavy atom. The van der Waals surface area contributed by atoms with Crippen molar-refractivity contribution >= 4 is 22.8 Å². The molecule has 2 aromatic carbocycles. The molecule has 3 rings (SSSR count). The van der Waals surface area contributed by atoms with Crippen molar-refractivity contribution in [2.45, 2.75) is 19.9 Å². The van der Waals surface area contributed by atoms with Crippen molar-refractivity contribution in [3.05, 3.63) is 60.4 Å². The highest BCUT2D eigenvalue weighted by Crippen LogP contribution is 2.12. The molecule has 23 heavy (non-hydrogen) atoms. The average molecular weight is 308 g/mol. The molecule has 2 N–H and O–H groups in total. The summed E-state index contributed by atoms with van der Waals surface area (Å²) in [7, 11) is 0. The SMILES string of the molecule is Cc1ccc(NC(=O)NCCCn2cnc3ccccc32)cc1. The minimum Gasteiger partial charge on any atom is -0.338 e. The third kappa shape index (κ3) is 3.88. The molecular weight excluding hydrogens is 288 g/mol. The molecule has 1 aromatic heterocycles. The molecule has 2 amide bonds. The predicted octanol–water partition coefficient (Wildman–Crippen LogP) is 3.56. The fourth-order valence-corrected chi connectivity index (χ4v) is 2.45. The number of rotatable bonds is 5. The largest absolute Gasteiger partial charge is 0.338 e. The highest BCUT2D eigenvalue weighted by atomic mass is 16.2. The van der Waals surface area contributed by atoms with Crippen molar-refractivity contribution in [1.29, 1.82) is 0 Å². The molecular formula is C18H20N4O. The van der Waals surface area contributed by atoms with E-state index in [0.717, 1.165) is 29.7 Å². The van der Waals surface area contributed by atoms with Gasteiger partial charge in [-0.3, -0.25) is 0 Å². The summed E-state index contributed by atoms with van der Waals surface area (Å²) in [5.74, 6) is 0. The zero-order valence-electron chi connectivity index (χ0n) is 13.1. The van der Waals surface area contributed by atoms with Crippen LogP contribution >= 0.6 is 0 Å². The third-order valence-electron chi connectivity index (χ3n) is 3.70. The number of urea groups is 1. The predicted molar refractivity (Wildman–Crippen MR) is 92.6 cm³/mol. The van der Waals surface area contributed by atoms with Gasteiger partial charge in [-0.15, -0.1) is 0 Å². The highest BCUT2D eigenvalue weighted by Gasteiger charge is 2.03. The summed E-state index contributed by atoms with van der Waals surface area (Å²) in [5, 5.41) is 5.70. The first-order valence-electron chi connectivity index (χ1n) is 7.74. The van der Waals surface area contributed by atoms with Gasteiger partial charge in [-0.25, -0.2) is 9.78 Å². The van der Waals surface area contributed by atoms with Gasteiger partial charge in [0.05, 0.1) is 17.4 Å². The second-order valence-electron chi connectivity index (χ2n) is 5.53. The lowest BCUT2D eigenvalue weighted by molar-refractivity contribution is 0.252. The quantitative estimate of drug-likeness (QED) is 0.708. The molecule has 118 valence electrons. The zero-order chi connectivity index (χ0) is 16.1. The van der Waals surface area contributed by atoms with Crippen LogP contribution in [0.4, 0.5) is 10.5 Å². The van der Waals surface area contributed by atoms with Crippen molar-refractivity contribution in [2.75, 3.05) is 11.9 Å². The second-order valence-corrected chi connectivity index (χ2v) is 5.53. The molecule has 1 heterocycles. The Balaban J connectivity index is 1.44. The van der Waals surface area contributed by atoms with Crippen LogP contribution in [-0.2, 0) is 6.54 Å². The molecule has 0 spiro atoms. The van der Waals surface area contributed by atoms with Gasteiger partial charge in [-0.1, -0.05) is 29.8 Å². The van der Waals surface area contributed by atoms with Gasteiger partial charge in [0.2, 0.25) is 0 Å². The summed E-state index contributed by atoms with van der Waals surface area (Å²) in [6.07, 6.45) is 2.69. The minimum absolute atomic E-state index is 0.177. The average Bonchev–Trinajstić information content (AvgIpc) is 2.97. The highest BCUT2D eigenvalue weighted by molar-refractivity contribution is 5.89. The molecule has 0 radical (unpaired) electrons. The lowest BCUT2D eigenvalue weighted by atomic mass is 10.2. The third-order valence-corrected chi connectivity index (χ3v) is 3.70. The molecule has 0 saturated carbocycles. The Kier molecular flexibility index (Phi) is 4.57. The van der Waals surface area contributed by atoms with E-state index in [1.807, 2.05) is 55.7 Å². The summed E-state index contributed by atoms with van der Waals surface area (Å²) in [5.41, 5.74) is 4.09. The van der Waals surface area contributed by atoms with Crippen molar-refractivity contribution in [1.82, 2.24) is 14.9 Å². The summed E-state index contributed by atoms with van der Waals surface area (Å²) in [6.45, 7) is 3.46. The van der Waals surface area contributed by atoms with Gasteiger partial charge in [0.25, 0.3) is 0 Å². The van der Waals surface area contributed by atoms with Crippen molar-refractivity contribution < 1.29 is 4.79 Å². The maximum absolute atomic E-state index is 11.8. The van der Waals surface area contributed by atoms with Crippen molar-refractivity contribution in [2.24, 2.45) is 0 Å². The Hall–Kier alpha value is -2.82. The Morgan fingerprint density at radius 1 is 1.13 bits per heavy atom. The van der Waals surface area contributed by atoms with Gasteiger partial charge < -0.3 is 15.2 Å². The van der Waals surface area contributed by atoms with Crippen LogP contribution in [0, 0.1) is 6.92 Å². The van der Waals surface area contributed by atoms with Gasteiger partial charge >= 0.3 is 6.03 Å². The lowest BCUT2D eigenvalue weighted by Gasteiger charge is -2.08. The van der Waals surface area contributed by atoms with Gasteiger partial charge in [-0.05, 0) is 37.6 Å². The van der Waals surface area contributed by atoms with Gasteiger partial charge in [0.1, 0.15) is 0 Å². The van der Waals surface area contributed by atoms with Crippen molar-refractivity contribution in [3.8, 4) is 0 Å². The normalized spacial score (nSPS) is 10.7. The fourth-order valence-electron chi connectivity index (χ4n) is 2.45. The first-order valence-corrected chi connectivity index (χ1v) is 7.74. The summed E-state index contributed by atoms with van der Waals surface area (Å²) in [4.78, 5) is 16.2. The smallest absolute Gasteiger partial charge is 0.319 e. The summed E-state index contributed by atoms with van der Waals surface area (Å²) < 4.78 is 2.11. The molecule has 0 saturated heterocycles. The number of aryl methyl sites for hydroxylation is 2. The first kappa shape index (κ1) is 15.1. The number of para-hydroxylation sites is 2. The van der Waals surface area contributed by atoms with Gasteiger partial charge in [0, 0.05) is 18.8 Å². The van der Waals surface area contributed by atoms with E-state index in [1.165, 1.54) is 5.56 Å². The van der Waals surface area contributed by atoms with Crippen LogP contribution in [0.15, 0.2) is 54.9 Å². The van der Waals surface area contributed by atoms with E-state index in [9.17, 15) is 4.79 Å². The monoisotopic (exact) mass is 308 g/mol. The minimum atomic E-state index is -0.177. The lowest BCUT2D eigenvalue weighted by Crippen LogP contribution is -2.30. The van der Waals surface area contributed by atoms with Gasteiger partial charge in [0.15, 0.2) is 0 Å². The Bertz CT molecular complexity index is 792. The second kappa shape index (κ2) is 6.96. The Labute approximate surface area is 135 Å². The maximum atomic E-state index is 11.8. The fraction of sp³-hybridized carbons (Fsp3) is 0.222. The number of fused-ring (bicyclic) bond motifs is 1. The summed E-state index contributed by atoms with van der Waals surface area (Å²) >= 11 is 0. The number of carbonyl (C=O) groups excluding carboxylic acids is 1. The van der Waals surface area contributed by atoms with Crippen LogP contribution in [0.1, 0.15) is 12.0 Å². The molecule has 0 aliphatic carbocycles. The number of carbonyl (C=O) groups is 1.